The normalized spacial score (nSPS) is 26.2. The van der Waals surface area contributed by atoms with Gasteiger partial charge in [0.1, 0.15) is 12.4 Å². The molecule has 2 amide bonds. The van der Waals surface area contributed by atoms with E-state index in [1.54, 1.807) is 37.3 Å². The fourth-order valence-corrected chi connectivity index (χ4v) is 6.85. The molecule has 3 aliphatic carbocycles. The third-order valence-electron chi connectivity index (χ3n) is 8.23. The lowest BCUT2D eigenvalue weighted by atomic mass is 9.59. The van der Waals surface area contributed by atoms with Crippen LogP contribution in [0.1, 0.15) is 31.2 Å². The first-order valence-corrected chi connectivity index (χ1v) is 13.8. The molecule has 2 aromatic rings. The van der Waals surface area contributed by atoms with Crippen LogP contribution in [0, 0.1) is 17.8 Å². The summed E-state index contributed by atoms with van der Waals surface area (Å²) in [5.74, 6) is -2.64. The zero-order chi connectivity index (χ0) is 27.4. The van der Waals surface area contributed by atoms with Gasteiger partial charge in [-0.25, -0.2) is 0 Å². The molecule has 1 N–H and O–H groups in total. The molecule has 0 aromatic heterocycles. The van der Waals surface area contributed by atoms with Crippen molar-refractivity contribution >= 4 is 45.0 Å². The van der Waals surface area contributed by atoms with Gasteiger partial charge in [0.25, 0.3) is 0 Å². The van der Waals surface area contributed by atoms with E-state index in [1.807, 2.05) is 24.3 Å². The van der Waals surface area contributed by atoms with Gasteiger partial charge in [0.05, 0.1) is 24.1 Å². The highest BCUT2D eigenvalue weighted by atomic mass is 79.9. The van der Waals surface area contributed by atoms with Gasteiger partial charge in [-0.05, 0) is 62.1 Å². The number of fused-ring (bicyclic) bond motifs is 3. The van der Waals surface area contributed by atoms with Crippen molar-refractivity contribution in [3.8, 4) is 5.75 Å². The minimum absolute atomic E-state index is 0.0733. The molecule has 1 saturated heterocycles. The monoisotopic (exact) mass is 587 g/mol. The van der Waals surface area contributed by atoms with E-state index >= 15 is 0 Å². The van der Waals surface area contributed by atoms with E-state index in [-0.39, 0.29) is 43.0 Å². The zero-order valence-corrected chi connectivity index (χ0v) is 22.8. The smallest absolute Gasteiger partial charge is 0.238 e. The van der Waals surface area contributed by atoms with Gasteiger partial charge >= 0.3 is 0 Å². The van der Waals surface area contributed by atoms with Gasteiger partial charge in [-0.15, -0.1) is 0 Å². The summed E-state index contributed by atoms with van der Waals surface area (Å²) in [5, 5.41) is 9.37. The van der Waals surface area contributed by atoms with E-state index in [9.17, 15) is 24.3 Å². The van der Waals surface area contributed by atoms with Crippen LogP contribution in [0.4, 0.5) is 5.69 Å². The lowest BCUT2D eigenvalue weighted by Gasteiger charge is -2.42. The average molecular weight is 588 g/mol. The highest BCUT2D eigenvalue weighted by molar-refractivity contribution is 9.10. The molecule has 4 aliphatic rings. The number of hydrogen-bond donors (Lipinski definition) is 1. The second-order valence-corrected chi connectivity index (χ2v) is 11.2. The predicted molar refractivity (Wildman–Crippen MR) is 147 cm³/mol. The molecule has 0 unspecified atom stereocenters. The van der Waals surface area contributed by atoms with E-state index in [4.69, 9.17) is 4.74 Å². The van der Waals surface area contributed by atoms with Crippen LogP contribution in [0.5, 0.6) is 5.75 Å². The second-order valence-electron chi connectivity index (χ2n) is 10.3. The minimum Gasteiger partial charge on any atom is -0.491 e. The number of ether oxygens (including phenoxy) is 1. The molecule has 7 nitrogen and oxygen atoms in total. The van der Waals surface area contributed by atoms with Crippen LogP contribution in [0.3, 0.4) is 0 Å². The number of amides is 2. The Balaban J connectivity index is 1.48. The number of halogens is 1. The standard InChI is InChI=1S/C31H26BrNO6/c1-16-14-24(35)28-23(29(16)36)15-22-19(26(28)20-4-2-3-5-25(20)39-13-12-34)10-11-21-27(22)31(38)33(30(21)37)18-8-6-17(32)7-9-18/h2-10,14,21-22,26-27,34H,11-13,15H2,1H3/t21-,22+,26+,27-/m0/s1. The number of anilines is 1. The SMILES string of the molecule is CC1=CC(=O)C2=C(C[C@@H]3C(=CC[C@@H]4C(=O)N(c5ccc(Br)cc5)C(=O)[C@@H]43)[C@@H]2c2ccccc2OCCO)C1=O. The van der Waals surface area contributed by atoms with Crippen molar-refractivity contribution in [3.63, 3.8) is 0 Å². The van der Waals surface area contributed by atoms with Crippen LogP contribution in [0.15, 0.2) is 87.4 Å². The number of Topliss-reactive ketones (excluding diaryl/α,β-unsaturated/α-hetero) is 1. The van der Waals surface area contributed by atoms with Gasteiger partial charge in [0.2, 0.25) is 11.8 Å². The van der Waals surface area contributed by atoms with Gasteiger partial charge in [0.15, 0.2) is 11.6 Å². The highest BCUT2D eigenvalue weighted by Crippen LogP contribution is 2.56. The number of aliphatic hydroxyl groups is 1. The number of aliphatic hydroxyl groups excluding tert-OH is 1. The summed E-state index contributed by atoms with van der Waals surface area (Å²) >= 11 is 3.40. The molecule has 0 spiro atoms. The van der Waals surface area contributed by atoms with Gasteiger partial charge in [0, 0.05) is 32.7 Å². The number of nitrogens with zero attached hydrogens (tertiary/aromatic N) is 1. The molecular formula is C31H26BrNO6. The third-order valence-corrected chi connectivity index (χ3v) is 8.75. The molecule has 6 rings (SSSR count). The Morgan fingerprint density at radius 1 is 1.00 bits per heavy atom. The lowest BCUT2D eigenvalue weighted by molar-refractivity contribution is -0.123. The van der Waals surface area contributed by atoms with E-state index in [1.165, 1.54) is 11.0 Å². The van der Waals surface area contributed by atoms with Gasteiger partial charge in [-0.1, -0.05) is 45.8 Å². The quantitative estimate of drug-likeness (QED) is 0.315. The maximum absolute atomic E-state index is 13.9. The van der Waals surface area contributed by atoms with Gasteiger partial charge in [-0.3, -0.25) is 24.1 Å². The summed E-state index contributed by atoms with van der Waals surface area (Å²) in [6.45, 7) is 1.53. The number of carbonyl (C=O) groups excluding carboxylic acids is 4. The van der Waals surface area contributed by atoms with Crippen molar-refractivity contribution in [2.24, 2.45) is 17.8 Å². The first kappa shape index (κ1) is 25.6. The number of allylic oxidation sites excluding steroid dienone is 6. The number of rotatable bonds is 5. The topological polar surface area (TPSA) is 101 Å². The van der Waals surface area contributed by atoms with Gasteiger partial charge in [-0.2, -0.15) is 0 Å². The van der Waals surface area contributed by atoms with Crippen LogP contribution < -0.4 is 9.64 Å². The third kappa shape index (κ3) is 4.05. The van der Waals surface area contributed by atoms with Crippen LogP contribution in [-0.4, -0.2) is 41.7 Å². The Morgan fingerprint density at radius 2 is 1.74 bits per heavy atom. The molecule has 0 radical (unpaired) electrons. The number of para-hydroxylation sites is 1. The Hall–Kier alpha value is -3.62. The molecule has 0 bridgehead atoms. The van der Waals surface area contributed by atoms with E-state index in [0.29, 0.717) is 40.1 Å². The maximum atomic E-state index is 13.9. The Labute approximate surface area is 234 Å². The highest BCUT2D eigenvalue weighted by Gasteiger charge is 2.56. The molecule has 2 aromatic carbocycles. The largest absolute Gasteiger partial charge is 0.491 e. The van der Waals surface area contributed by atoms with E-state index < -0.39 is 23.7 Å². The van der Waals surface area contributed by atoms with Crippen molar-refractivity contribution in [1.29, 1.82) is 0 Å². The summed E-state index contributed by atoms with van der Waals surface area (Å²) in [7, 11) is 0. The molecule has 4 atom stereocenters. The first-order chi connectivity index (χ1) is 18.8. The maximum Gasteiger partial charge on any atom is 0.238 e. The average Bonchev–Trinajstić information content (AvgIpc) is 3.19. The van der Waals surface area contributed by atoms with Crippen molar-refractivity contribution in [2.45, 2.75) is 25.7 Å². The van der Waals surface area contributed by atoms with Crippen LogP contribution >= 0.6 is 15.9 Å². The van der Waals surface area contributed by atoms with E-state index in [2.05, 4.69) is 15.9 Å². The fourth-order valence-electron chi connectivity index (χ4n) is 6.59. The Morgan fingerprint density at radius 3 is 2.49 bits per heavy atom. The van der Waals surface area contributed by atoms with Gasteiger partial charge < -0.3 is 9.84 Å². The van der Waals surface area contributed by atoms with E-state index in [0.717, 1.165) is 10.0 Å². The predicted octanol–water partition coefficient (Wildman–Crippen LogP) is 4.45. The summed E-state index contributed by atoms with van der Waals surface area (Å²) in [6, 6.07) is 14.3. The number of ketones is 2. The van der Waals surface area contributed by atoms with Crippen molar-refractivity contribution in [3.05, 3.63) is 93.0 Å². The van der Waals surface area contributed by atoms with Crippen molar-refractivity contribution < 1.29 is 29.0 Å². The van der Waals surface area contributed by atoms with Crippen LogP contribution in [0.25, 0.3) is 0 Å². The number of imide groups is 1. The summed E-state index contributed by atoms with van der Waals surface area (Å²) < 4.78 is 6.69. The molecular weight excluding hydrogens is 562 g/mol. The van der Waals surface area contributed by atoms with Crippen LogP contribution in [0.2, 0.25) is 0 Å². The van der Waals surface area contributed by atoms with Crippen molar-refractivity contribution in [2.75, 3.05) is 18.1 Å². The molecule has 198 valence electrons. The molecule has 0 saturated carbocycles. The fraction of sp³-hybridized carbons (Fsp3) is 0.290. The molecule has 39 heavy (non-hydrogen) atoms. The van der Waals surface area contributed by atoms with Crippen LogP contribution in [-0.2, 0) is 19.2 Å². The summed E-state index contributed by atoms with van der Waals surface area (Å²) in [4.78, 5) is 55.7. The lowest BCUT2D eigenvalue weighted by Crippen LogP contribution is -2.40. The molecule has 8 heteroatoms. The number of hydrogen-bond acceptors (Lipinski definition) is 6. The second kappa shape index (κ2) is 9.84. The first-order valence-electron chi connectivity index (χ1n) is 13.0. The Bertz CT molecular complexity index is 1520. The molecule has 1 heterocycles. The molecule has 1 fully saturated rings. The number of benzene rings is 2. The minimum atomic E-state index is -0.641. The number of carbonyl (C=O) groups is 4. The van der Waals surface area contributed by atoms with Crippen molar-refractivity contribution in [1.82, 2.24) is 0 Å². The summed E-state index contributed by atoms with van der Waals surface area (Å²) in [6.07, 6.45) is 3.96. The Kier molecular flexibility index (Phi) is 6.47. The molecule has 1 aliphatic heterocycles. The summed E-state index contributed by atoms with van der Waals surface area (Å²) in [5.41, 5.74) is 3.26. The zero-order valence-electron chi connectivity index (χ0n) is 21.2.